The average molecular weight is 157 g/mol. The second kappa shape index (κ2) is 4.32. The summed E-state index contributed by atoms with van der Waals surface area (Å²) in [5.41, 5.74) is 0. The Morgan fingerprint density at radius 1 is 1.64 bits per heavy atom. The van der Waals surface area contributed by atoms with Gasteiger partial charge >= 0.3 is 0 Å². The van der Waals surface area contributed by atoms with E-state index in [9.17, 15) is 4.39 Å². The highest BCUT2D eigenvalue weighted by Gasteiger charge is 2.26. The van der Waals surface area contributed by atoms with Crippen LogP contribution in [0.4, 0.5) is 4.39 Å². The Bertz CT molecular complexity index is 173. The maximum absolute atomic E-state index is 12.8. The zero-order valence-electron chi connectivity index (χ0n) is 6.56. The monoisotopic (exact) mass is 157 g/mol. The standard InChI is InChI=1S/C8H12FNO/c1-2-3-4-11-8-6-10-5-7(8)9/h7-8,10H,4-6H2,1H3. The van der Waals surface area contributed by atoms with Crippen molar-refractivity contribution in [3.05, 3.63) is 0 Å². The molecule has 0 aromatic rings. The minimum absolute atomic E-state index is 0.296. The molecule has 2 atom stereocenters. The van der Waals surface area contributed by atoms with Crippen molar-refractivity contribution in [2.75, 3.05) is 19.7 Å². The lowest BCUT2D eigenvalue weighted by Gasteiger charge is -2.09. The van der Waals surface area contributed by atoms with Gasteiger partial charge in [0.25, 0.3) is 0 Å². The maximum Gasteiger partial charge on any atom is 0.140 e. The smallest absolute Gasteiger partial charge is 0.140 e. The highest BCUT2D eigenvalue weighted by Crippen LogP contribution is 2.07. The lowest BCUT2D eigenvalue weighted by atomic mass is 10.3. The Balaban J connectivity index is 2.18. The molecule has 1 heterocycles. The Labute approximate surface area is 66.1 Å². The minimum atomic E-state index is -0.867. The molecule has 1 aliphatic rings. The summed E-state index contributed by atoms with van der Waals surface area (Å²) in [6.07, 6.45) is -1.16. The fraction of sp³-hybridized carbons (Fsp3) is 0.750. The van der Waals surface area contributed by atoms with E-state index in [2.05, 4.69) is 17.2 Å². The quantitative estimate of drug-likeness (QED) is 0.583. The van der Waals surface area contributed by atoms with Crippen LogP contribution in [0.1, 0.15) is 6.92 Å². The molecule has 0 saturated carbocycles. The van der Waals surface area contributed by atoms with Gasteiger partial charge in [-0.25, -0.2) is 4.39 Å². The van der Waals surface area contributed by atoms with Gasteiger partial charge < -0.3 is 10.1 Å². The van der Waals surface area contributed by atoms with Crippen molar-refractivity contribution in [2.45, 2.75) is 19.2 Å². The topological polar surface area (TPSA) is 21.3 Å². The molecule has 1 saturated heterocycles. The van der Waals surface area contributed by atoms with Gasteiger partial charge in [-0.05, 0) is 6.92 Å². The van der Waals surface area contributed by atoms with E-state index in [1.165, 1.54) is 0 Å². The van der Waals surface area contributed by atoms with E-state index in [-0.39, 0.29) is 6.10 Å². The van der Waals surface area contributed by atoms with Crippen LogP contribution in [0, 0.1) is 11.8 Å². The van der Waals surface area contributed by atoms with E-state index in [0.717, 1.165) is 0 Å². The molecular formula is C8H12FNO. The fourth-order valence-electron chi connectivity index (χ4n) is 1.01. The largest absolute Gasteiger partial charge is 0.361 e. The maximum atomic E-state index is 12.8. The van der Waals surface area contributed by atoms with Crippen LogP contribution in [0.5, 0.6) is 0 Å². The van der Waals surface area contributed by atoms with Gasteiger partial charge in [0.05, 0.1) is 0 Å². The molecule has 0 amide bonds. The lowest BCUT2D eigenvalue weighted by Crippen LogP contribution is -2.23. The molecule has 1 fully saturated rings. The van der Waals surface area contributed by atoms with Gasteiger partial charge in [0.15, 0.2) is 0 Å². The average Bonchev–Trinajstić information content (AvgIpc) is 2.37. The number of nitrogens with one attached hydrogen (secondary N) is 1. The van der Waals surface area contributed by atoms with E-state index < -0.39 is 6.17 Å². The number of hydrogen-bond acceptors (Lipinski definition) is 2. The van der Waals surface area contributed by atoms with Gasteiger partial charge in [-0.15, -0.1) is 5.92 Å². The predicted molar refractivity (Wildman–Crippen MR) is 41.0 cm³/mol. The summed E-state index contributed by atoms with van der Waals surface area (Å²) in [6.45, 7) is 3.09. The minimum Gasteiger partial charge on any atom is -0.361 e. The molecule has 2 nitrogen and oxygen atoms in total. The fourth-order valence-corrected chi connectivity index (χ4v) is 1.01. The normalized spacial score (nSPS) is 29.6. The van der Waals surface area contributed by atoms with Gasteiger partial charge in [0.1, 0.15) is 18.9 Å². The summed E-state index contributed by atoms with van der Waals surface area (Å²) < 4.78 is 17.9. The van der Waals surface area contributed by atoms with Crippen molar-refractivity contribution in [1.29, 1.82) is 0 Å². The molecule has 0 radical (unpaired) electrons. The Hall–Kier alpha value is -0.590. The van der Waals surface area contributed by atoms with Gasteiger partial charge in [-0.2, -0.15) is 0 Å². The molecule has 0 aliphatic carbocycles. The lowest BCUT2D eigenvalue weighted by molar-refractivity contribution is 0.0449. The van der Waals surface area contributed by atoms with Crippen molar-refractivity contribution >= 4 is 0 Å². The molecule has 1 aliphatic heterocycles. The first kappa shape index (κ1) is 8.51. The van der Waals surface area contributed by atoms with Crippen molar-refractivity contribution in [3.63, 3.8) is 0 Å². The summed E-state index contributed by atoms with van der Waals surface area (Å²) in [5, 5.41) is 2.90. The third-order valence-electron chi connectivity index (χ3n) is 1.63. The molecule has 0 bridgehead atoms. The summed E-state index contributed by atoms with van der Waals surface area (Å²) >= 11 is 0. The third-order valence-corrected chi connectivity index (χ3v) is 1.63. The molecule has 3 heteroatoms. The second-order valence-electron chi connectivity index (χ2n) is 2.45. The molecule has 0 aromatic carbocycles. The van der Waals surface area contributed by atoms with E-state index >= 15 is 0 Å². The van der Waals surface area contributed by atoms with Crippen LogP contribution in [0.2, 0.25) is 0 Å². The van der Waals surface area contributed by atoms with Crippen molar-refractivity contribution in [2.24, 2.45) is 0 Å². The molecular weight excluding hydrogens is 145 g/mol. The van der Waals surface area contributed by atoms with Crippen LogP contribution in [0.25, 0.3) is 0 Å². The van der Waals surface area contributed by atoms with Crippen LogP contribution in [0.3, 0.4) is 0 Å². The first-order chi connectivity index (χ1) is 5.34. The number of rotatable bonds is 2. The number of halogens is 1. The summed E-state index contributed by atoms with van der Waals surface area (Å²) in [5.74, 6) is 5.42. The Morgan fingerprint density at radius 2 is 2.45 bits per heavy atom. The van der Waals surface area contributed by atoms with Gasteiger partial charge in [0, 0.05) is 13.1 Å². The molecule has 1 rings (SSSR count). The number of alkyl halides is 1. The van der Waals surface area contributed by atoms with Crippen LogP contribution in [0.15, 0.2) is 0 Å². The van der Waals surface area contributed by atoms with Gasteiger partial charge in [-0.3, -0.25) is 0 Å². The van der Waals surface area contributed by atoms with Crippen molar-refractivity contribution < 1.29 is 9.13 Å². The number of hydrogen-bond donors (Lipinski definition) is 1. The zero-order chi connectivity index (χ0) is 8.10. The first-order valence-corrected chi connectivity index (χ1v) is 3.70. The molecule has 62 valence electrons. The van der Waals surface area contributed by atoms with Crippen molar-refractivity contribution in [3.8, 4) is 11.8 Å². The highest BCUT2D eigenvalue weighted by molar-refractivity contribution is 4.95. The Kier molecular flexibility index (Phi) is 3.34. The molecule has 0 aromatic heterocycles. The van der Waals surface area contributed by atoms with E-state index in [4.69, 9.17) is 4.74 Å². The van der Waals surface area contributed by atoms with E-state index in [1.807, 2.05) is 0 Å². The van der Waals surface area contributed by atoms with Crippen LogP contribution in [-0.4, -0.2) is 32.0 Å². The van der Waals surface area contributed by atoms with E-state index in [0.29, 0.717) is 19.7 Å². The second-order valence-corrected chi connectivity index (χ2v) is 2.45. The Morgan fingerprint density at radius 3 is 3.00 bits per heavy atom. The van der Waals surface area contributed by atoms with Crippen LogP contribution >= 0.6 is 0 Å². The predicted octanol–water partition coefficient (Wildman–Crippen LogP) is 0.336. The van der Waals surface area contributed by atoms with Crippen LogP contribution in [-0.2, 0) is 4.74 Å². The van der Waals surface area contributed by atoms with Gasteiger partial charge in [0.2, 0.25) is 0 Å². The van der Waals surface area contributed by atoms with Crippen LogP contribution < -0.4 is 5.32 Å². The molecule has 11 heavy (non-hydrogen) atoms. The van der Waals surface area contributed by atoms with Gasteiger partial charge in [-0.1, -0.05) is 5.92 Å². The summed E-state index contributed by atoms with van der Waals surface area (Å²) in [7, 11) is 0. The summed E-state index contributed by atoms with van der Waals surface area (Å²) in [6, 6.07) is 0. The molecule has 1 N–H and O–H groups in total. The summed E-state index contributed by atoms with van der Waals surface area (Å²) in [4.78, 5) is 0. The highest BCUT2D eigenvalue weighted by atomic mass is 19.1. The van der Waals surface area contributed by atoms with Crippen molar-refractivity contribution in [1.82, 2.24) is 5.32 Å². The first-order valence-electron chi connectivity index (χ1n) is 3.70. The SMILES string of the molecule is CC#CCOC1CNCC1F. The molecule has 0 spiro atoms. The molecule has 2 unspecified atom stereocenters. The van der Waals surface area contributed by atoms with E-state index in [1.54, 1.807) is 6.92 Å². The third kappa shape index (κ3) is 2.49. The number of ether oxygens (including phenoxy) is 1. The zero-order valence-corrected chi connectivity index (χ0v) is 6.56.